The Hall–Kier alpha value is -1.23. The number of ether oxygens (including phenoxy) is 1. The van der Waals surface area contributed by atoms with E-state index in [1.54, 1.807) is 6.20 Å². The molecule has 20 heavy (non-hydrogen) atoms. The Morgan fingerprint density at radius 2 is 2.35 bits per heavy atom. The molecule has 1 saturated heterocycles. The standard InChI is InChI=1S/C15H22N2O2S/c1-15(2,3)19-14(18)17-8-6-13(10-17)20-11-12-5-4-7-16-9-12/h4-5,7,9,13H,6,8,10-11H2,1-3H3/t13-/m0/s1. The SMILES string of the molecule is CC(C)(C)OC(=O)N1CC[C@H](SCc2cccnc2)C1. The van der Waals surface area contributed by atoms with E-state index in [4.69, 9.17) is 4.74 Å². The molecule has 0 saturated carbocycles. The minimum Gasteiger partial charge on any atom is -0.444 e. The zero-order chi connectivity index (χ0) is 14.6. The van der Waals surface area contributed by atoms with Crippen LogP contribution in [-0.2, 0) is 10.5 Å². The fourth-order valence-corrected chi connectivity index (χ4v) is 3.21. The number of pyridine rings is 1. The number of hydrogen-bond donors (Lipinski definition) is 0. The number of likely N-dealkylation sites (tertiary alicyclic amines) is 1. The van der Waals surface area contributed by atoms with E-state index in [0.717, 1.165) is 25.3 Å². The number of amides is 1. The Bertz CT molecular complexity index is 445. The molecule has 4 nitrogen and oxygen atoms in total. The molecule has 0 spiro atoms. The molecule has 5 heteroatoms. The molecule has 1 fully saturated rings. The Morgan fingerprint density at radius 1 is 1.55 bits per heavy atom. The van der Waals surface area contributed by atoms with E-state index in [1.807, 2.05) is 49.7 Å². The lowest BCUT2D eigenvalue weighted by molar-refractivity contribution is 0.0295. The summed E-state index contributed by atoms with van der Waals surface area (Å²) in [4.78, 5) is 17.9. The van der Waals surface area contributed by atoms with E-state index < -0.39 is 5.60 Å². The van der Waals surface area contributed by atoms with Crippen molar-refractivity contribution < 1.29 is 9.53 Å². The summed E-state index contributed by atoms with van der Waals surface area (Å²) in [7, 11) is 0. The van der Waals surface area contributed by atoms with Crippen LogP contribution in [0.1, 0.15) is 32.8 Å². The summed E-state index contributed by atoms with van der Waals surface area (Å²) in [5.74, 6) is 0.945. The zero-order valence-corrected chi connectivity index (χ0v) is 13.2. The molecule has 0 bridgehead atoms. The average molecular weight is 294 g/mol. The van der Waals surface area contributed by atoms with Gasteiger partial charge in [0.05, 0.1) is 0 Å². The summed E-state index contributed by atoms with van der Waals surface area (Å²) in [6, 6.07) is 4.04. The van der Waals surface area contributed by atoms with Crippen molar-refractivity contribution in [2.45, 2.75) is 43.8 Å². The van der Waals surface area contributed by atoms with E-state index in [-0.39, 0.29) is 6.09 Å². The van der Waals surface area contributed by atoms with Gasteiger partial charge >= 0.3 is 6.09 Å². The van der Waals surface area contributed by atoms with Crippen molar-refractivity contribution in [1.82, 2.24) is 9.88 Å². The normalized spacial score (nSPS) is 19.1. The van der Waals surface area contributed by atoms with E-state index in [0.29, 0.717) is 5.25 Å². The zero-order valence-electron chi connectivity index (χ0n) is 12.3. The summed E-state index contributed by atoms with van der Waals surface area (Å²) in [6.07, 6.45) is 4.52. The summed E-state index contributed by atoms with van der Waals surface area (Å²) in [5.41, 5.74) is 0.811. The molecule has 0 radical (unpaired) electrons. The Kier molecular flexibility index (Phi) is 4.91. The molecule has 1 atom stereocenters. The predicted molar refractivity (Wildman–Crippen MR) is 81.7 cm³/mol. The van der Waals surface area contributed by atoms with Gasteiger partial charge in [0.15, 0.2) is 0 Å². The van der Waals surface area contributed by atoms with E-state index in [1.165, 1.54) is 5.56 Å². The van der Waals surface area contributed by atoms with Gasteiger partial charge in [-0.05, 0) is 38.8 Å². The van der Waals surface area contributed by atoms with Gasteiger partial charge in [0.25, 0.3) is 0 Å². The first-order chi connectivity index (χ1) is 9.44. The Morgan fingerprint density at radius 3 is 3.00 bits per heavy atom. The summed E-state index contributed by atoms with van der Waals surface area (Å²) in [6.45, 7) is 7.26. The maximum absolute atomic E-state index is 12.0. The van der Waals surface area contributed by atoms with Gasteiger partial charge in [0.2, 0.25) is 0 Å². The Labute approximate surface area is 124 Å². The molecule has 2 rings (SSSR count). The number of aromatic nitrogens is 1. The molecule has 1 aliphatic heterocycles. The third-order valence-electron chi connectivity index (χ3n) is 3.01. The molecule has 2 heterocycles. The van der Waals surface area contributed by atoms with Gasteiger partial charge in [-0.3, -0.25) is 4.98 Å². The van der Waals surface area contributed by atoms with Gasteiger partial charge in [-0.1, -0.05) is 6.07 Å². The van der Waals surface area contributed by atoms with Crippen molar-refractivity contribution in [2.24, 2.45) is 0 Å². The van der Waals surface area contributed by atoms with Crippen LogP contribution in [0.25, 0.3) is 0 Å². The van der Waals surface area contributed by atoms with Crippen LogP contribution in [0.3, 0.4) is 0 Å². The molecule has 1 aromatic rings. The van der Waals surface area contributed by atoms with Crippen molar-refractivity contribution in [3.05, 3.63) is 30.1 Å². The summed E-state index contributed by atoms with van der Waals surface area (Å²) >= 11 is 1.89. The maximum Gasteiger partial charge on any atom is 0.410 e. The second-order valence-electron chi connectivity index (χ2n) is 6.01. The highest BCUT2D eigenvalue weighted by molar-refractivity contribution is 7.99. The molecular weight excluding hydrogens is 272 g/mol. The minimum absolute atomic E-state index is 0.193. The van der Waals surface area contributed by atoms with Crippen molar-refractivity contribution in [1.29, 1.82) is 0 Å². The van der Waals surface area contributed by atoms with Crippen LogP contribution in [-0.4, -0.2) is 39.9 Å². The van der Waals surface area contributed by atoms with Crippen molar-refractivity contribution in [2.75, 3.05) is 13.1 Å². The van der Waals surface area contributed by atoms with Crippen LogP contribution in [0.2, 0.25) is 0 Å². The number of carbonyl (C=O) groups is 1. The quantitative estimate of drug-likeness (QED) is 0.857. The van der Waals surface area contributed by atoms with Crippen LogP contribution in [0.15, 0.2) is 24.5 Å². The van der Waals surface area contributed by atoms with Crippen molar-refractivity contribution in [3.8, 4) is 0 Å². The fraction of sp³-hybridized carbons (Fsp3) is 0.600. The lowest BCUT2D eigenvalue weighted by Gasteiger charge is -2.24. The first-order valence-electron chi connectivity index (χ1n) is 6.92. The lowest BCUT2D eigenvalue weighted by atomic mass is 10.2. The van der Waals surface area contributed by atoms with Gasteiger partial charge in [-0.2, -0.15) is 11.8 Å². The molecule has 1 amide bonds. The van der Waals surface area contributed by atoms with E-state index in [2.05, 4.69) is 11.1 Å². The van der Waals surface area contributed by atoms with Crippen molar-refractivity contribution >= 4 is 17.9 Å². The highest BCUT2D eigenvalue weighted by Gasteiger charge is 2.29. The number of carbonyl (C=O) groups excluding carboxylic acids is 1. The second kappa shape index (κ2) is 6.48. The molecule has 110 valence electrons. The third-order valence-corrected chi connectivity index (χ3v) is 4.36. The van der Waals surface area contributed by atoms with Gasteiger partial charge in [0, 0.05) is 36.5 Å². The molecule has 0 N–H and O–H groups in total. The van der Waals surface area contributed by atoms with Crippen LogP contribution >= 0.6 is 11.8 Å². The number of hydrogen-bond acceptors (Lipinski definition) is 4. The molecule has 0 aromatic carbocycles. The summed E-state index contributed by atoms with van der Waals surface area (Å²) in [5, 5.41) is 0.489. The lowest BCUT2D eigenvalue weighted by Crippen LogP contribution is -2.35. The number of thioether (sulfide) groups is 1. The summed E-state index contributed by atoms with van der Waals surface area (Å²) < 4.78 is 5.40. The minimum atomic E-state index is -0.419. The highest BCUT2D eigenvalue weighted by atomic mass is 32.2. The molecule has 0 unspecified atom stereocenters. The van der Waals surface area contributed by atoms with Gasteiger partial charge in [-0.25, -0.2) is 4.79 Å². The first-order valence-corrected chi connectivity index (χ1v) is 7.97. The number of nitrogens with zero attached hydrogens (tertiary/aromatic N) is 2. The second-order valence-corrected chi connectivity index (χ2v) is 7.30. The van der Waals surface area contributed by atoms with Crippen molar-refractivity contribution in [3.63, 3.8) is 0 Å². The Balaban J connectivity index is 1.76. The van der Waals surface area contributed by atoms with E-state index >= 15 is 0 Å². The van der Waals surface area contributed by atoms with E-state index in [9.17, 15) is 4.79 Å². The maximum atomic E-state index is 12.0. The monoisotopic (exact) mass is 294 g/mol. The first kappa shape index (κ1) is 15.2. The smallest absolute Gasteiger partial charge is 0.410 e. The molecule has 1 aromatic heterocycles. The van der Waals surface area contributed by atoms with Crippen LogP contribution in [0, 0.1) is 0 Å². The van der Waals surface area contributed by atoms with Crippen LogP contribution < -0.4 is 0 Å². The average Bonchev–Trinajstić information content (AvgIpc) is 2.84. The fourth-order valence-electron chi connectivity index (χ4n) is 2.05. The highest BCUT2D eigenvalue weighted by Crippen LogP contribution is 2.26. The van der Waals surface area contributed by atoms with Gasteiger partial charge in [-0.15, -0.1) is 0 Å². The van der Waals surface area contributed by atoms with Gasteiger partial charge < -0.3 is 9.64 Å². The third kappa shape index (κ3) is 4.71. The van der Waals surface area contributed by atoms with Crippen LogP contribution in [0.5, 0.6) is 0 Å². The molecule has 0 aliphatic carbocycles. The largest absolute Gasteiger partial charge is 0.444 e. The predicted octanol–water partition coefficient (Wildman–Crippen LogP) is 3.32. The molecule has 1 aliphatic rings. The van der Waals surface area contributed by atoms with Gasteiger partial charge in [0.1, 0.15) is 5.60 Å². The topological polar surface area (TPSA) is 42.4 Å². The number of rotatable bonds is 3. The molecular formula is C15H22N2O2S. The van der Waals surface area contributed by atoms with Crippen LogP contribution in [0.4, 0.5) is 4.79 Å².